The Morgan fingerprint density at radius 2 is 2.11 bits per heavy atom. The lowest BCUT2D eigenvalue weighted by molar-refractivity contribution is 0.128. The number of nitrogens with zero attached hydrogens (tertiary/aromatic N) is 1. The van der Waals surface area contributed by atoms with Crippen molar-refractivity contribution in [2.45, 2.75) is 32.9 Å². The van der Waals surface area contributed by atoms with Crippen molar-refractivity contribution >= 4 is 10.9 Å². The molecule has 2 nitrogen and oxygen atoms in total. The minimum atomic E-state index is -2.32. The molecule has 0 amide bonds. The second-order valence-corrected chi connectivity index (χ2v) is 4.39. The van der Waals surface area contributed by atoms with E-state index in [4.69, 9.17) is 0 Å². The maximum atomic E-state index is 12.5. The van der Waals surface area contributed by atoms with Gasteiger partial charge in [0.2, 0.25) is 0 Å². The summed E-state index contributed by atoms with van der Waals surface area (Å²) in [5.41, 5.74) is 1.99. The summed E-state index contributed by atoms with van der Waals surface area (Å²) in [6.07, 6.45) is 0.478. The molecule has 2 rings (SSSR count). The molecule has 1 N–H and O–H groups in total. The second-order valence-electron chi connectivity index (χ2n) is 4.39. The highest BCUT2D eigenvalue weighted by atomic mass is 19.3. The molecule has 0 saturated carbocycles. The predicted molar refractivity (Wildman–Crippen MR) is 69.9 cm³/mol. The lowest BCUT2D eigenvalue weighted by Gasteiger charge is -2.10. The molecular formula is C14H18F2N2. The van der Waals surface area contributed by atoms with Crippen LogP contribution in [-0.4, -0.2) is 17.5 Å². The van der Waals surface area contributed by atoms with Gasteiger partial charge in [-0.3, -0.25) is 0 Å². The fourth-order valence-electron chi connectivity index (χ4n) is 2.18. The first-order valence-corrected chi connectivity index (χ1v) is 6.28. The normalized spacial score (nSPS) is 11.6. The standard InChI is InChI=1S/C14H18F2N2/c1-2-7-17-9-12-5-3-4-11-6-8-18(14(11)12)10-13(15)16/h3-6,8,13,17H,2,7,9-10H2,1H3. The summed E-state index contributed by atoms with van der Waals surface area (Å²) in [4.78, 5) is 0. The van der Waals surface area contributed by atoms with Gasteiger partial charge >= 0.3 is 0 Å². The lowest BCUT2D eigenvalue weighted by Crippen LogP contribution is -2.15. The highest BCUT2D eigenvalue weighted by Gasteiger charge is 2.10. The van der Waals surface area contributed by atoms with Crippen LogP contribution in [0.15, 0.2) is 30.5 Å². The molecule has 18 heavy (non-hydrogen) atoms. The van der Waals surface area contributed by atoms with Crippen molar-refractivity contribution in [1.82, 2.24) is 9.88 Å². The fourth-order valence-corrected chi connectivity index (χ4v) is 2.18. The first-order valence-electron chi connectivity index (χ1n) is 6.28. The number of alkyl halides is 2. The molecule has 0 aliphatic rings. The van der Waals surface area contributed by atoms with Gasteiger partial charge in [0.05, 0.1) is 12.1 Å². The van der Waals surface area contributed by atoms with Crippen LogP contribution in [0, 0.1) is 0 Å². The van der Waals surface area contributed by atoms with E-state index in [9.17, 15) is 8.78 Å². The van der Waals surface area contributed by atoms with Crippen LogP contribution in [0.3, 0.4) is 0 Å². The van der Waals surface area contributed by atoms with Crippen LogP contribution in [0.2, 0.25) is 0 Å². The monoisotopic (exact) mass is 252 g/mol. The van der Waals surface area contributed by atoms with Gasteiger partial charge in [-0.05, 0) is 30.0 Å². The number of nitrogens with one attached hydrogen (secondary N) is 1. The number of halogens is 2. The minimum absolute atomic E-state index is 0.242. The molecule has 0 unspecified atom stereocenters. The number of fused-ring (bicyclic) bond motifs is 1. The van der Waals surface area contributed by atoms with Crippen LogP contribution in [-0.2, 0) is 13.1 Å². The molecule has 0 atom stereocenters. The van der Waals surface area contributed by atoms with E-state index in [2.05, 4.69) is 12.2 Å². The van der Waals surface area contributed by atoms with Gasteiger partial charge in [0, 0.05) is 12.7 Å². The molecule has 0 spiro atoms. The molecule has 1 heterocycles. The van der Waals surface area contributed by atoms with E-state index in [-0.39, 0.29) is 6.54 Å². The molecule has 0 fully saturated rings. The van der Waals surface area contributed by atoms with Crippen molar-refractivity contribution in [2.24, 2.45) is 0 Å². The Morgan fingerprint density at radius 3 is 2.83 bits per heavy atom. The van der Waals surface area contributed by atoms with E-state index in [0.717, 1.165) is 36.0 Å². The van der Waals surface area contributed by atoms with Crippen LogP contribution in [0.25, 0.3) is 10.9 Å². The molecule has 1 aromatic carbocycles. The predicted octanol–water partition coefficient (Wildman–Crippen LogP) is 3.41. The maximum Gasteiger partial charge on any atom is 0.256 e. The summed E-state index contributed by atoms with van der Waals surface area (Å²) >= 11 is 0. The molecule has 0 radical (unpaired) electrons. The summed E-state index contributed by atoms with van der Waals surface area (Å²) in [6.45, 7) is 3.52. The van der Waals surface area contributed by atoms with Crippen molar-refractivity contribution < 1.29 is 8.78 Å². The summed E-state index contributed by atoms with van der Waals surface area (Å²) in [5, 5.41) is 4.33. The Bertz CT molecular complexity index is 505. The van der Waals surface area contributed by atoms with Crippen LogP contribution in [0.4, 0.5) is 8.78 Å². The topological polar surface area (TPSA) is 17.0 Å². The number of aromatic nitrogens is 1. The quantitative estimate of drug-likeness (QED) is 0.780. The first-order chi connectivity index (χ1) is 8.72. The van der Waals surface area contributed by atoms with Gasteiger partial charge in [0.1, 0.15) is 0 Å². The highest BCUT2D eigenvalue weighted by molar-refractivity contribution is 5.83. The van der Waals surface area contributed by atoms with Gasteiger partial charge < -0.3 is 9.88 Å². The van der Waals surface area contributed by atoms with E-state index in [0.29, 0.717) is 0 Å². The molecule has 2 aromatic rings. The van der Waals surface area contributed by atoms with E-state index in [1.54, 1.807) is 10.8 Å². The Morgan fingerprint density at radius 1 is 1.28 bits per heavy atom. The SMILES string of the molecule is CCCNCc1cccc2ccn(CC(F)F)c12. The number of para-hydroxylation sites is 1. The fraction of sp³-hybridized carbons (Fsp3) is 0.429. The van der Waals surface area contributed by atoms with Crippen LogP contribution < -0.4 is 5.32 Å². The van der Waals surface area contributed by atoms with E-state index in [1.165, 1.54) is 0 Å². The summed E-state index contributed by atoms with van der Waals surface area (Å²) < 4.78 is 26.7. The van der Waals surface area contributed by atoms with E-state index < -0.39 is 6.43 Å². The molecule has 0 aliphatic heterocycles. The zero-order chi connectivity index (χ0) is 13.0. The van der Waals surface area contributed by atoms with Crippen molar-refractivity contribution in [1.29, 1.82) is 0 Å². The average Bonchev–Trinajstić information content (AvgIpc) is 2.73. The third kappa shape index (κ3) is 2.88. The molecule has 0 bridgehead atoms. The zero-order valence-electron chi connectivity index (χ0n) is 10.5. The summed E-state index contributed by atoms with van der Waals surface area (Å²) in [5.74, 6) is 0. The smallest absolute Gasteiger partial charge is 0.256 e. The van der Waals surface area contributed by atoms with Crippen molar-refractivity contribution in [3.05, 3.63) is 36.0 Å². The lowest BCUT2D eigenvalue weighted by atomic mass is 10.1. The van der Waals surface area contributed by atoms with Gasteiger partial charge in [-0.2, -0.15) is 0 Å². The van der Waals surface area contributed by atoms with E-state index >= 15 is 0 Å². The van der Waals surface area contributed by atoms with Crippen molar-refractivity contribution in [3.8, 4) is 0 Å². The first kappa shape index (κ1) is 13.0. The molecule has 0 aliphatic carbocycles. The van der Waals surface area contributed by atoms with Crippen LogP contribution in [0.5, 0.6) is 0 Å². The Kier molecular flexibility index (Phi) is 4.31. The largest absolute Gasteiger partial charge is 0.341 e. The van der Waals surface area contributed by atoms with Gasteiger partial charge in [-0.25, -0.2) is 8.78 Å². The maximum absolute atomic E-state index is 12.5. The minimum Gasteiger partial charge on any atom is -0.341 e. The van der Waals surface area contributed by atoms with Crippen molar-refractivity contribution in [2.75, 3.05) is 6.54 Å². The summed E-state index contributed by atoms with van der Waals surface area (Å²) in [7, 11) is 0. The molecular weight excluding hydrogens is 234 g/mol. The molecule has 1 aromatic heterocycles. The average molecular weight is 252 g/mol. The highest BCUT2D eigenvalue weighted by Crippen LogP contribution is 2.21. The Balaban J connectivity index is 2.29. The number of hydrogen-bond acceptors (Lipinski definition) is 1. The molecule has 4 heteroatoms. The van der Waals surface area contributed by atoms with Gasteiger partial charge in [0.25, 0.3) is 6.43 Å². The summed E-state index contributed by atoms with van der Waals surface area (Å²) in [6, 6.07) is 7.81. The number of hydrogen-bond donors (Lipinski definition) is 1. The second kappa shape index (κ2) is 5.96. The van der Waals surface area contributed by atoms with Gasteiger partial charge in [0.15, 0.2) is 0 Å². The Labute approximate surface area is 106 Å². The molecule has 98 valence electrons. The number of rotatable bonds is 6. The van der Waals surface area contributed by atoms with Crippen LogP contribution in [0.1, 0.15) is 18.9 Å². The van der Waals surface area contributed by atoms with Gasteiger partial charge in [-0.15, -0.1) is 0 Å². The third-order valence-corrected chi connectivity index (χ3v) is 2.95. The van der Waals surface area contributed by atoms with Gasteiger partial charge in [-0.1, -0.05) is 25.1 Å². The zero-order valence-corrected chi connectivity index (χ0v) is 10.5. The Hall–Kier alpha value is -1.42. The number of benzene rings is 1. The van der Waals surface area contributed by atoms with E-state index in [1.807, 2.05) is 24.3 Å². The van der Waals surface area contributed by atoms with Crippen LogP contribution >= 0.6 is 0 Å². The third-order valence-electron chi connectivity index (χ3n) is 2.95. The van der Waals surface area contributed by atoms with Crippen molar-refractivity contribution in [3.63, 3.8) is 0 Å². The molecule has 0 saturated heterocycles.